The third kappa shape index (κ3) is 5.01. The summed E-state index contributed by atoms with van der Waals surface area (Å²) < 4.78 is 5.76. The quantitative estimate of drug-likeness (QED) is 0.562. The molecule has 3 rings (SSSR count). The molecule has 2 aromatic rings. The maximum atomic E-state index is 11.6. The van der Waals surface area contributed by atoms with Gasteiger partial charge in [0.1, 0.15) is 18.0 Å². The van der Waals surface area contributed by atoms with Crippen molar-refractivity contribution in [3.05, 3.63) is 54.6 Å². The number of para-hydroxylation sites is 1. The van der Waals surface area contributed by atoms with Crippen molar-refractivity contribution in [1.29, 1.82) is 0 Å². The molecule has 1 amide bonds. The summed E-state index contributed by atoms with van der Waals surface area (Å²) in [4.78, 5) is 15.6. The van der Waals surface area contributed by atoms with E-state index in [4.69, 9.17) is 10.5 Å². The highest BCUT2D eigenvalue weighted by molar-refractivity contribution is 5.94. The van der Waals surface area contributed by atoms with Gasteiger partial charge in [-0.05, 0) is 37.1 Å². The van der Waals surface area contributed by atoms with Gasteiger partial charge >= 0.3 is 0 Å². The lowest BCUT2D eigenvalue weighted by Crippen LogP contribution is -2.30. The highest BCUT2D eigenvalue weighted by atomic mass is 16.5. The van der Waals surface area contributed by atoms with Gasteiger partial charge in [-0.2, -0.15) is 0 Å². The minimum Gasteiger partial charge on any atom is -0.457 e. The Balaban J connectivity index is 1.56. The Morgan fingerprint density at radius 3 is 2.62 bits per heavy atom. The number of aliphatic imine (C=N–C) groups is 1. The Hall–Kier alpha value is -3.02. The van der Waals surface area contributed by atoms with E-state index in [1.54, 1.807) is 0 Å². The summed E-state index contributed by atoms with van der Waals surface area (Å²) in [5.74, 6) is 1.53. The summed E-state index contributed by atoms with van der Waals surface area (Å²) in [6.07, 6.45) is 2.11. The number of ether oxygens (including phenoxy) is 1. The molecule has 2 aromatic carbocycles. The molecule has 0 radical (unpaired) electrons. The predicted molar refractivity (Wildman–Crippen MR) is 94.2 cm³/mol. The Morgan fingerprint density at radius 1 is 1.12 bits per heavy atom. The van der Waals surface area contributed by atoms with Crippen LogP contribution in [-0.4, -0.2) is 24.5 Å². The first-order valence-corrected chi connectivity index (χ1v) is 7.88. The lowest BCUT2D eigenvalue weighted by Gasteiger charge is -2.09. The normalized spacial score (nSPS) is 14.1. The zero-order valence-electron chi connectivity index (χ0n) is 13.2. The van der Waals surface area contributed by atoms with Crippen LogP contribution >= 0.6 is 0 Å². The van der Waals surface area contributed by atoms with Crippen molar-refractivity contribution in [2.45, 2.75) is 18.9 Å². The lowest BCUT2D eigenvalue weighted by atomic mass is 10.3. The molecular formula is C18H20N4O2. The van der Waals surface area contributed by atoms with E-state index in [9.17, 15) is 4.79 Å². The van der Waals surface area contributed by atoms with Crippen LogP contribution < -0.4 is 21.1 Å². The topological polar surface area (TPSA) is 88.7 Å². The predicted octanol–water partition coefficient (Wildman–Crippen LogP) is 2.48. The van der Waals surface area contributed by atoms with Gasteiger partial charge in [0.2, 0.25) is 5.91 Å². The number of nitrogens with one attached hydrogen (secondary N) is 2. The number of carbonyl (C=O) groups excluding carboxylic acids is 1. The van der Waals surface area contributed by atoms with E-state index in [1.165, 1.54) is 0 Å². The van der Waals surface area contributed by atoms with Gasteiger partial charge in [0.25, 0.3) is 0 Å². The van der Waals surface area contributed by atoms with E-state index < -0.39 is 0 Å². The Labute approximate surface area is 140 Å². The Kier molecular flexibility index (Phi) is 4.96. The van der Waals surface area contributed by atoms with E-state index in [1.807, 2.05) is 54.6 Å². The molecule has 0 unspecified atom stereocenters. The smallest absolute Gasteiger partial charge is 0.242 e. The van der Waals surface area contributed by atoms with E-state index >= 15 is 0 Å². The first kappa shape index (κ1) is 15.9. The number of hydrogen-bond acceptors (Lipinski definition) is 3. The van der Waals surface area contributed by atoms with Crippen molar-refractivity contribution in [3.8, 4) is 11.5 Å². The molecule has 0 aromatic heterocycles. The molecule has 0 saturated heterocycles. The molecule has 24 heavy (non-hydrogen) atoms. The number of rotatable bonds is 6. The Morgan fingerprint density at radius 2 is 1.88 bits per heavy atom. The standard InChI is InChI=1S/C18H20N4O2/c19-18(20-12-17(23)21-13-9-10-13)22-14-5-4-8-16(11-14)24-15-6-2-1-3-7-15/h1-8,11,13H,9-10,12H2,(H,21,23)(H3,19,20,22). The second-order valence-electron chi connectivity index (χ2n) is 5.61. The van der Waals surface area contributed by atoms with Crippen molar-refractivity contribution in [1.82, 2.24) is 5.32 Å². The number of nitrogens with two attached hydrogens (primary N) is 1. The fourth-order valence-electron chi connectivity index (χ4n) is 2.11. The molecule has 0 bridgehead atoms. The zero-order chi connectivity index (χ0) is 16.8. The van der Waals surface area contributed by atoms with Gasteiger partial charge in [-0.25, -0.2) is 4.99 Å². The minimum absolute atomic E-state index is 0.0234. The summed E-state index contributed by atoms with van der Waals surface area (Å²) in [6.45, 7) is 0.0234. The van der Waals surface area contributed by atoms with Crippen molar-refractivity contribution in [2.24, 2.45) is 10.7 Å². The number of guanidine groups is 1. The van der Waals surface area contributed by atoms with Gasteiger partial charge in [0.05, 0.1) is 0 Å². The summed E-state index contributed by atoms with van der Waals surface area (Å²) in [5.41, 5.74) is 6.56. The van der Waals surface area contributed by atoms with E-state index in [-0.39, 0.29) is 18.4 Å². The maximum Gasteiger partial charge on any atom is 0.242 e. The fourth-order valence-corrected chi connectivity index (χ4v) is 2.11. The lowest BCUT2D eigenvalue weighted by molar-refractivity contribution is -0.119. The third-order valence-corrected chi connectivity index (χ3v) is 3.42. The largest absolute Gasteiger partial charge is 0.457 e. The molecule has 1 saturated carbocycles. The average molecular weight is 324 g/mol. The highest BCUT2D eigenvalue weighted by Crippen LogP contribution is 2.23. The van der Waals surface area contributed by atoms with E-state index in [0.29, 0.717) is 11.8 Å². The highest BCUT2D eigenvalue weighted by Gasteiger charge is 2.22. The second-order valence-corrected chi connectivity index (χ2v) is 5.61. The molecular weight excluding hydrogens is 304 g/mol. The van der Waals surface area contributed by atoms with Gasteiger partial charge in [0, 0.05) is 17.8 Å². The molecule has 124 valence electrons. The van der Waals surface area contributed by atoms with Crippen LogP contribution in [0.1, 0.15) is 12.8 Å². The third-order valence-electron chi connectivity index (χ3n) is 3.42. The minimum atomic E-state index is -0.108. The van der Waals surface area contributed by atoms with Crippen molar-refractivity contribution in [3.63, 3.8) is 0 Å². The van der Waals surface area contributed by atoms with Crippen molar-refractivity contribution >= 4 is 17.6 Å². The molecule has 1 aliphatic carbocycles. The summed E-state index contributed by atoms with van der Waals surface area (Å²) >= 11 is 0. The van der Waals surface area contributed by atoms with Crippen LogP contribution in [0.5, 0.6) is 11.5 Å². The molecule has 1 aliphatic rings. The molecule has 6 heteroatoms. The van der Waals surface area contributed by atoms with Crippen LogP contribution in [0, 0.1) is 0 Å². The second kappa shape index (κ2) is 7.50. The van der Waals surface area contributed by atoms with Crippen LogP contribution in [0.2, 0.25) is 0 Å². The van der Waals surface area contributed by atoms with Gasteiger partial charge in [-0.3, -0.25) is 4.79 Å². The summed E-state index contributed by atoms with van der Waals surface area (Å²) in [5, 5.41) is 5.82. The SMILES string of the molecule is NC(=NCC(=O)NC1CC1)Nc1cccc(Oc2ccccc2)c1. The number of carbonyl (C=O) groups is 1. The summed E-state index contributed by atoms with van der Waals surface area (Å²) in [7, 11) is 0. The van der Waals surface area contributed by atoms with Crippen LogP contribution in [0.3, 0.4) is 0 Å². The van der Waals surface area contributed by atoms with Crippen LogP contribution in [-0.2, 0) is 4.79 Å². The first-order valence-electron chi connectivity index (χ1n) is 7.88. The van der Waals surface area contributed by atoms with Crippen molar-refractivity contribution < 1.29 is 9.53 Å². The zero-order valence-corrected chi connectivity index (χ0v) is 13.2. The molecule has 1 fully saturated rings. The Bertz CT molecular complexity index is 727. The molecule has 0 aliphatic heterocycles. The van der Waals surface area contributed by atoms with Gasteiger partial charge in [-0.1, -0.05) is 24.3 Å². The van der Waals surface area contributed by atoms with Gasteiger partial charge in [0.15, 0.2) is 5.96 Å². The number of hydrogen-bond donors (Lipinski definition) is 3. The molecule has 4 N–H and O–H groups in total. The molecule has 0 heterocycles. The van der Waals surface area contributed by atoms with Crippen LogP contribution in [0.4, 0.5) is 5.69 Å². The van der Waals surface area contributed by atoms with Gasteiger partial charge in [-0.15, -0.1) is 0 Å². The number of benzene rings is 2. The first-order chi connectivity index (χ1) is 11.7. The van der Waals surface area contributed by atoms with Crippen molar-refractivity contribution in [2.75, 3.05) is 11.9 Å². The van der Waals surface area contributed by atoms with Crippen LogP contribution in [0.15, 0.2) is 59.6 Å². The van der Waals surface area contributed by atoms with E-state index in [0.717, 1.165) is 24.3 Å². The number of amides is 1. The average Bonchev–Trinajstić information content (AvgIpc) is 3.38. The maximum absolute atomic E-state index is 11.6. The molecule has 0 spiro atoms. The molecule has 0 atom stereocenters. The number of anilines is 1. The van der Waals surface area contributed by atoms with Gasteiger partial charge < -0.3 is 21.1 Å². The monoisotopic (exact) mass is 324 g/mol. The van der Waals surface area contributed by atoms with Crippen LogP contribution in [0.25, 0.3) is 0 Å². The van der Waals surface area contributed by atoms with E-state index in [2.05, 4.69) is 15.6 Å². The summed E-state index contributed by atoms with van der Waals surface area (Å²) in [6, 6.07) is 17.2. The fraction of sp³-hybridized carbons (Fsp3) is 0.222. The number of nitrogens with zero attached hydrogens (tertiary/aromatic N) is 1. The molecule has 6 nitrogen and oxygen atoms in total.